The van der Waals surface area contributed by atoms with Crippen LogP contribution in [-0.2, 0) is 15.8 Å². The third-order valence-electron chi connectivity index (χ3n) is 3.98. The zero-order valence-corrected chi connectivity index (χ0v) is 15.1. The fraction of sp³-hybridized carbons (Fsp3) is 0.438. The van der Waals surface area contributed by atoms with Gasteiger partial charge >= 0.3 is 6.18 Å². The molecule has 0 bridgehead atoms. The van der Waals surface area contributed by atoms with Gasteiger partial charge in [0.2, 0.25) is 11.8 Å². The average Bonchev–Trinajstić information content (AvgIpc) is 2.64. The van der Waals surface area contributed by atoms with Crippen LogP contribution in [0, 0.1) is 0 Å². The molecule has 1 fully saturated rings. The fourth-order valence-electron chi connectivity index (χ4n) is 2.53. The van der Waals surface area contributed by atoms with Gasteiger partial charge in [-0.2, -0.15) is 13.2 Å². The summed E-state index contributed by atoms with van der Waals surface area (Å²) < 4.78 is 38.3. The average molecular weight is 409 g/mol. The van der Waals surface area contributed by atoms with Crippen molar-refractivity contribution in [2.24, 2.45) is 5.73 Å². The van der Waals surface area contributed by atoms with E-state index in [9.17, 15) is 27.6 Å². The number of benzene rings is 1. The largest absolute Gasteiger partial charge is 0.416 e. The van der Waals surface area contributed by atoms with Gasteiger partial charge in [0.1, 0.15) is 0 Å². The van der Waals surface area contributed by atoms with E-state index in [1.165, 1.54) is 21.9 Å². The minimum absolute atomic E-state index is 0. The number of piperazine rings is 1. The normalized spacial score (nSPS) is 14.4. The van der Waals surface area contributed by atoms with Crippen molar-refractivity contribution in [3.8, 4) is 0 Å². The third kappa shape index (κ3) is 6.10. The first-order valence-electron chi connectivity index (χ1n) is 7.93. The molecule has 0 saturated carbocycles. The second-order valence-electron chi connectivity index (χ2n) is 5.73. The van der Waals surface area contributed by atoms with Crippen molar-refractivity contribution in [2.45, 2.75) is 6.18 Å². The summed E-state index contributed by atoms with van der Waals surface area (Å²) in [6.45, 7) is 0.478. The molecule has 3 amide bonds. The summed E-state index contributed by atoms with van der Waals surface area (Å²) in [6.07, 6.45) is -4.52. The van der Waals surface area contributed by atoms with Crippen LogP contribution in [-0.4, -0.2) is 66.8 Å². The van der Waals surface area contributed by atoms with E-state index in [0.29, 0.717) is 0 Å². The molecule has 1 aliphatic heterocycles. The third-order valence-corrected chi connectivity index (χ3v) is 3.98. The summed E-state index contributed by atoms with van der Waals surface area (Å²) >= 11 is 0. The number of rotatable bonds is 4. The SMILES string of the molecule is Cl.NCC(=O)NCC(=O)N1CCN(C(=O)c2cccc(C(F)(F)F)c2)CC1. The number of carbonyl (C=O) groups is 3. The van der Waals surface area contributed by atoms with Crippen molar-refractivity contribution in [3.63, 3.8) is 0 Å². The van der Waals surface area contributed by atoms with Crippen molar-refractivity contribution < 1.29 is 27.6 Å². The van der Waals surface area contributed by atoms with Gasteiger partial charge in [-0.1, -0.05) is 6.07 Å². The molecule has 1 saturated heterocycles. The van der Waals surface area contributed by atoms with Crippen LogP contribution in [0.4, 0.5) is 13.2 Å². The van der Waals surface area contributed by atoms with Crippen LogP contribution in [0.15, 0.2) is 24.3 Å². The zero-order valence-electron chi connectivity index (χ0n) is 14.3. The van der Waals surface area contributed by atoms with E-state index in [4.69, 9.17) is 5.73 Å². The lowest BCUT2D eigenvalue weighted by atomic mass is 10.1. The molecule has 0 unspecified atom stereocenters. The predicted octanol–water partition coefficient (Wildman–Crippen LogP) is 0.487. The second kappa shape index (κ2) is 9.56. The van der Waals surface area contributed by atoms with E-state index in [1.807, 2.05) is 0 Å². The Bertz CT molecular complexity index is 692. The minimum Gasteiger partial charge on any atom is -0.346 e. The molecule has 1 aliphatic rings. The number of alkyl halides is 3. The molecule has 0 atom stereocenters. The number of nitrogens with zero attached hydrogens (tertiary/aromatic N) is 2. The molecule has 7 nitrogen and oxygen atoms in total. The number of nitrogens with one attached hydrogen (secondary N) is 1. The highest BCUT2D eigenvalue weighted by Crippen LogP contribution is 2.29. The Balaban J connectivity index is 0.00000364. The fourth-order valence-corrected chi connectivity index (χ4v) is 2.53. The molecule has 0 aromatic heterocycles. The zero-order chi connectivity index (χ0) is 19.3. The standard InChI is InChI=1S/C16H19F3N4O3.ClH/c17-16(18,19)12-3-1-2-11(8-12)15(26)23-6-4-22(5-7-23)14(25)10-21-13(24)9-20;/h1-3,8H,4-7,9-10,20H2,(H,21,24);1H. The molecule has 3 N–H and O–H groups in total. The van der Waals surface area contributed by atoms with Gasteiger partial charge in [0.05, 0.1) is 18.7 Å². The molecular formula is C16H20ClF3N4O3. The molecule has 0 radical (unpaired) electrons. The lowest BCUT2D eigenvalue weighted by molar-refractivity contribution is -0.137. The molecule has 1 aromatic rings. The number of hydrogen-bond acceptors (Lipinski definition) is 4. The molecule has 150 valence electrons. The van der Waals surface area contributed by atoms with Crippen LogP contribution in [0.5, 0.6) is 0 Å². The number of carbonyl (C=O) groups excluding carboxylic acids is 3. The molecular weight excluding hydrogens is 389 g/mol. The number of nitrogens with two attached hydrogens (primary N) is 1. The monoisotopic (exact) mass is 408 g/mol. The molecule has 1 heterocycles. The van der Waals surface area contributed by atoms with Crippen molar-refractivity contribution in [3.05, 3.63) is 35.4 Å². The Hall–Kier alpha value is -2.33. The summed E-state index contributed by atoms with van der Waals surface area (Å²) in [5.74, 6) is -1.27. The quantitative estimate of drug-likeness (QED) is 0.757. The highest BCUT2D eigenvalue weighted by Gasteiger charge is 2.32. The van der Waals surface area contributed by atoms with E-state index in [0.717, 1.165) is 12.1 Å². The summed E-state index contributed by atoms with van der Waals surface area (Å²) in [5.41, 5.74) is 4.20. The van der Waals surface area contributed by atoms with Crippen LogP contribution in [0.1, 0.15) is 15.9 Å². The van der Waals surface area contributed by atoms with Gasteiger partial charge in [-0.15, -0.1) is 12.4 Å². The van der Waals surface area contributed by atoms with Crippen LogP contribution < -0.4 is 11.1 Å². The molecule has 11 heteroatoms. The van der Waals surface area contributed by atoms with Gasteiger partial charge in [-0.25, -0.2) is 0 Å². The first-order chi connectivity index (χ1) is 12.2. The van der Waals surface area contributed by atoms with Crippen molar-refractivity contribution in [1.82, 2.24) is 15.1 Å². The highest BCUT2D eigenvalue weighted by atomic mass is 35.5. The molecule has 0 aliphatic carbocycles. The Labute approximate surface area is 160 Å². The van der Waals surface area contributed by atoms with Gasteiger partial charge in [0.25, 0.3) is 5.91 Å². The van der Waals surface area contributed by atoms with E-state index in [-0.39, 0.29) is 63.1 Å². The maximum absolute atomic E-state index is 12.8. The molecule has 0 spiro atoms. The summed E-state index contributed by atoms with van der Waals surface area (Å²) in [5, 5.41) is 2.37. The molecule has 1 aromatic carbocycles. The van der Waals surface area contributed by atoms with Gasteiger partial charge in [-0.05, 0) is 18.2 Å². The minimum atomic E-state index is -4.52. The van der Waals surface area contributed by atoms with Crippen molar-refractivity contribution >= 4 is 30.1 Å². The summed E-state index contributed by atoms with van der Waals surface area (Å²) in [7, 11) is 0. The lowest BCUT2D eigenvalue weighted by Gasteiger charge is -2.35. The van der Waals surface area contributed by atoms with E-state index in [2.05, 4.69) is 5.32 Å². The first-order valence-corrected chi connectivity index (χ1v) is 7.93. The van der Waals surface area contributed by atoms with Crippen LogP contribution >= 0.6 is 12.4 Å². The van der Waals surface area contributed by atoms with Gasteiger partial charge in [0.15, 0.2) is 0 Å². The number of hydrogen-bond donors (Lipinski definition) is 2. The van der Waals surface area contributed by atoms with Gasteiger partial charge in [-0.3, -0.25) is 14.4 Å². The number of amides is 3. The number of halogens is 4. The Morgan fingerprint density at radius 1 is 1.07 bits per heavy atom. The van der Waals surface area contributed by atoms with Crippen LogP contribution in [0.2, 0.25) is 0 Å². The molecule has 2 rings (SSSR count). The topological polar surface area (TPSA) is 95.7 Å². The van der Waals surface area contributed by atoms with E-state index >= 15 is 0 Å². The second-order valence-corrected chi connectivity index (χ2v) is 5.73. The van der Waals surface area contributed by atoms with Gasteiger partial charge in [0, 0.05) is 31.7 Å². The smallest absolute Gasteiger partial charge is 0.346 e. The van der Waals surface area contributed by atoms with E-state index in [1.54, 1.807) is 0 Å². The maximum Gasteiger partial charge on any atom is 0.416 e. The summed E-state index contributed by atoms with van der Waals surface area (Å²) in [6, 6.07) is 4.25. The predicted molar refractivity (Wildman–Crippen MR) is 93.2 cm³/mol. The van der Waals surface area contributed by atoms with Gasteiger partial charge < -0.3 is 20.9 Å². The lowest BCUT2D eigenvalue weighted by Crippen LogP contribution is -2.52. The first kappa shape index (κ1) is 22.7. The Morgan fingerprint density at radius 3 is 2.22 bits per heavy atom. The van der Waals surface area contributed by atoms with Crippen LogP contribution in [0.25, 0.3) is 0 Å². The van der Waals surface area contributed by atoms with Crippen molar-refractivity contribution in [2.75, 3.05) is 39.3 Å². The maximum atomic E-state index is 12.8. The highest BCUT2D eigenvalue weighted by molar-refractivity contribution is 5.94. The Morgan fingerprint density at radius 2 is 1.67 bits per heavy atom. The van der Waals surface area contributed by atoms with Crippen molar-refractivity contribution in [1.29, 1.82) is 0 Å². The van der Waals surface area contributed by atoms with Crippen LogP contribution in [0.3, 0.4) is 0 Å². The summed E-state index contributed by atoms with van der Waals surface area (Å²) in [4.78, 5) is 38.3. The molecule has 27 heavy (non-hydrogen) atoms. The Kier molecular flexibility index (Phi) is 8.04. The van der Waals surface area contributed by atoms with E-state index < -0.39 is 23.6 Å².